The van der Waals surface area contributed by atoms with Gasteiger partial charge in [0.05, 0.1) is 28.8 Å². The van der Waals surface area contributed by atoms with Gasteiger partial charge in [-0.2, -0.15) is 4.31 Å². The van der Waals surface area contributed by atoms with Crippen molar-refractivity contribution in [3.8, 4) is 0 Å². The lowest BCUT2D eigenvalue weighted by Crippen LogP contribution is -2.40. The molecule has 0 atom stereocenters. The Kier molecular flexibility index (Phi) is 6.31. The number of hydrogen-bond donors (Lipinski definition) is 0. The number of sulfonamides is 1. The monoisotopic (exact) mass is 442 g/mol. The van der Waals surface area contributed by atoms with Crippen molar-refractivity contribution in [1.82, 2.24) is 4.31 Å². The number of morpholine rings is 1. The predicted molar refractivity (Wildman–Crippen MR) is 110 cm³/mol. The van der Waals surface area contributed by atoms with Crippen LogP contribution in [-0.4, -0.2) is 52.0 Å². The number of anilines is 1. The second-order valence-corrected chi connectivity index (χ2v) is 9.20. The number of halogens is 2. The highest BCUT2D eigenvalue weighted by Crippen LogP contribution is 2.32. The summed E-state index contributed by atoms with van der Waals surface area (Å²) in [5.74, 6) is -0.427. The molecule has 1 amide bonds. The van der Waals surface area contributed by atoms with Crippen LogP contribution < -0.4 is 4.90 Å². The van der Waals surface area contributed by atoms with Crippen LogP contribution in [0.5, 0.6) is 0 Å². The fourth-order valence-corrected chi connectivity index (χ4v) is 5.12. The third-order valence-electron chi connectivity index (χ3n) is 4.57. The first-order valence-electron chi connectivity index (χ1n) is 8.63. The number of benzene rings is 2. The molecule has 0 spiro atoms. The Balaban J connectivity index is 1.99. The van der Waals surface area contributed by atoms with E-state index < -0.39 is 15.9 Å². The van der Waals surface area contributed by atoms with E-state index in [0.29, 0.717) is 18.9 Å². The maximum Gasteiger partial charge on any atom is 0.259 e. The van der Waals surface area contributed by atoms with Crippen molar-refractivity contribution in [2.24, 2.45) is 0 Å². The Morgan fingerprint density at radius 2 is 1.68 bits per heavy atom. The topological polar surface area (TPSA) is 66.9 Å². The average Bonchev–Trinajstić information content (AvgIpc) is 2.68. The molecule has 1 fully saturated rings. The Bertz CT molecular complexity index is 988. The van der Waals surface area contributed by atoms with Crippen molar-refractivity contribution < 1.29 is 17.9 Å². The molecule has 1 heterocycles. The van der Waals surface area contributed by atoms with Crippen molar-refractivity contribution in [2.75, 3.05) is 38.3 Å². The van der Waals surface area contributed by atoms with Crippen LogP contribution in [-0.2, 0) is 14.8 Å². The highest BCUT2D eigenvalue weighted by molar-refractivity contribution is 7.89. The summed E-state index contributed by atoms with van der Waals surface area (Å²) in [5.41, 5.74) is 1.80. The first-order valence-corrected chi connectivity index (χ1v) is 10.8. The third-order valence-corrected chi connectivity index (χ3v) is 7.24. The molecule has 0 aromatic heterocycles. The standard InChI is InChI=1S/C19H20Cl2N2O4S/c1-13-3-5-14(6-4-13)22(2)19(24)15-11-18(17(21)12-16(15)20)28(25,26)23-7-9-27-10-8-23/h3-6,11-12H,7-10H2,1-2H3. The molecule has 2 aromatic carbocycles. The summed E-state index contributed by atoms with van der Waals surface area (Å²) >= 11 is 12.4. The minimum absolute atomic E-state index is 0.0222. The van der Waals surface area contributed by atoms with Gasteiger partial charge in [-0.25, -0.2) is 8.42 Å². The molecule has 2 aromatic rings. The summed E-state index contributed by atoms with van der Waals surface area (Å²) in [6.07, 6.45) is 0. The number of nitrogens with zero attached hydrogens (tertiary/aromatic N) is 2. The first kappa shape index (κ1) is 21.1. The fraction of sp³-hybridized carbons (Fsp3) is 0.316. The number of aryl methyl sites for hydroxylation is 1. The summed E-state index contributed by atoms with van der Waals surface area (Å²) in [6.45, 7) is 3.03. The van der Waals surface area contributed by atoms with Crippen molar-refractivity contribution in [3.63, 3.8) is 0 Å². The molecule has 0 saturated carbocycles. The zero-order chi connectivity index (χ0) is 20.5. The number of carbonyl (C=O) groups excluding carboxylic acids is 1. The number of hydrogen-bond acceptors (Lipinski definition) is 4. The quantitative estimate of drug-likeness (QED) is 0.725. The van der Waals surface area contributed by atoms with E-state index in [2.05, 4.69) is 0 Å². The van der Waals surface area contributed by atoms with Crippen LogP contribution in [0.15, 0.2) is 41.3 Å². The molecular weight excluding hydrogens is 423 g/mol. The second kappa shape index (κ2) is 8.39. The smallest absolute Gasteiger partial charge is 0.259 e. The summed E-state index contributed by atoms with van der Waals surface area (Å²) in [7, 11) is -2.26. The zero-order valence-corrected chi connectivity index (χ0v) is 17.8. The molecule has 1 aliphatic rings. The van der Waals surface area contributed by atoms with Gasteiger partial charge in [0.25, 0.3) is 5.91 Å². The maximum absolute atomic E-state index is 13.0. The maximum atomic E-state index is 13.0. The largest absolute Gasteiger partial charge is 0.379 e. The Labute approximate surface area is 174 Å². The van der Waals surface area contributed by atoms with Gasteiger partial charge in [0.2, 0.25) is 10.0 Å². The van der Waals surface area contributed by atoms with Gasteiger partial charge in [-0.15, -0.1) is 0 Å². The van der Waals surface area contributed by atoms with E-state index in [1.54, 1.807) is 7.05 Å². The van der Waals surface area contributed by atoms with Crippen molar-refractivity contribution in [2.45, 2.75) is 11.8 Å². The number of ether oxygens (including phenoxy) is 1. The Morgan fingerprint density at radius 3 is 2.29 bits per heavy atom. The normalized spacial score (nSPS) is 15.4. The van der Waals surface area contributed by atoms with Crippen LogP contribution in [0.25, 0.3) is 0 Å². The van der Waals surface area contributed by atoms with Gasteiger partial charge in [0.1, 0.15) is 4.90 Å². The molecule has 28 heavy (non-hydrogen) atoms. The van der Waals surface area contributed by atoms with E-state index >= 15 is 0 Å². The van der Waals surface area contributed by atoms with Crippen LogP contribution in [0.3, 0.4) is 0 Å². The number of carbonyl (C=O) groups is 1. The van der Waals surface area contributed by atoms with E-state index in [9.17, 15) is 13.2 Å². The van der Waals surface area contributed by atoms with Crippen LogP contribution in [0.2, 0.25) is 10.0 Å². The van der Waals surface area contributed by atoms with Crippen LogP contribution in [0.4, 0.5) is 5.69 Å². The molecule has 6 nitrogen and oxygen atoms in total. The molecule has 0 N–H and O–H groups in total. The zero-order valence-electron chi connectivity index (χ0n) is 15.5. The van der Waals surface area contributed by atoms with E-state index in [0.717, 1.165) is 5.56 Å². The minimum Gasteiger partial charge on any atom is -0.379 e. The van der Waals surface area contributed by atoms with Gasteiger partial charge < -0.3 is 9.64 Å². The van der Waals surface area contributed by atoms with Crippen LogP contribution >= 0.6 is 23.2 Å². The molecule has 150 valence electrons. The summed E-state index contributed by atoms with van der Waals surface area (Å²) in [6, 6.07) is 9.94. The second-order valence-electron chi connectivity index (χ2n) is 6.48. The SMILES string of the molecule is Cc1ccc(N(C)C(=O)c2cc(S(=O)(=O)N3CCOCC3)c(Cl)cc2Cl)cc1. The van der Waals surface area contributed by atoms with E-state index in [1.807, 2.05) is 31.2 Å². The average molecular weight is 443 g/mol. The highest BCUT2D eigenvalue weighted by Gasteiger charge is 2.30. The van der Waals surface area contributed by atoms with Gasteiger partial charge in [-0.3, -0.25) is 4.79 Å². The Morgan fingerprint density at radius 1 is 1.07 bits per heavy atom. The fourth-order valence-electron chi connectivity index (χ4n) is 2.88. The number of amides is 1. The first-order chi connectivity index (χ1) is 13.2. The molecule has 0 bridgehead atoms. The summed E-state index contributed by atoms with van der Waals surface area (Å²) < 4.78 is 32.5. The van der Waals surface area contributed by atoms with Crippen molar-refractivity contribution >= 4 is 44.8 Å². The lowest BCUT2D eigenvalue weighted by molar-refractivity contribution is 0.0730. The van der Waals surface area contributed by atoms with E-state index in [1.165, 1.54) is 21.3 Å². The molecular formula is C19H20Cl2N2O4S. The van der Waals surface area contributed by atoms with Crippen molar-refractivity contribution in [1.29, 1.82) is 0 Å². The van der Waals surface area contributed by atoms with E-state index in [-0.39, 0.29) is 33.6 Å². The van der Waals surface area contributed by atoms with Gasteiger partial charge >= 0.3 is 0 Å². The number of rotatable bonds is 4. The van der Waals surface area contributed by atoms with Gasteiger partial charge in [0.15, 0.2) is 0 Å². The minimum atomic E-state index is -3.87. The van der Waals surface area contributed by atoms with Gasteiger partial charge in [-0.1, -0.05) is 40.9 Å². The summed E-state index contributed by atoms with van der Waals surface area (Å²) in [5, 5.41) is 0.0703. The van der Waals surface area contributed by atoms with Crippen molar-refractivity contribution in [3.05, 3.63) is 57.6 Å². The summed E-state index contributed by atoms with van der Waals surface area (Å²) in [4.78, 5) is 14.3. The molecule has 0 unspecified atom stereocenters. The third kappa shape index (κ3) is 4.18. The highest BCUT2D eigenvalue weighted by atomic mass is 35.5. The molecule has 9 heteroatoms. The molecule has 1 aliphatic heterocycles. The molecule has 1 saturated heterocycles. The Hall–Kier alpha value is -1.64. The van der Waals surface area contributed by atoms with Crippen LogP contribution in [0, 0.1) is 6.92 Å². The van der Waals surface area contributed by atoms with Crippen LogP contribution in [0.1, 0.15) is 15.9 Å². The molecule has 0 radical (unpaired) electrons. The molecule has 0 aliphatic carbocycles. The van der Waals surface area contributed by atoms with E-state index in [4.69, 9.17) is 27.9 Å². The predicted octanol–water partition coefficient (Wildman–Crippen LogP) is 3.60. The van der Waals surface area contributed by atoms with Gasteiger partial charge in [0, 0.05) is 25.8 Å². The lowest BCUT2D eigenvalue weighted by atomic mass is 10.1. The lowest BCUT2D eigenvalue weighted by Gasteiger charge is -2.27. The molecule has 3 rings (SSSR count). The van der Waals surface area contributed by atoms with Gasteiger partial charge in [-0.05, 0) is 31.2 Å².